The van der Waals surface area contributed by atoms with E-state index in [0.717, 1.165) is 19.4 Å². The average Bonchev–Trinajstić information content (AvgIpc) is 2.72. The SMILES string of the molecule is CCc1ccc(C(C)NCc2ccccc2-c2ccccc2)c(CC)c1. The Balaban J connectivity index is 1.78. The molecule has 134 valence electrons. The van der Waals surface area contributed by atoms with E-state index in [0.29, 0.717) is 6.04 Å². The van der Waals surface area contributed by atoms with Crippen LogP contribution in [0.5, 0.6) is 0 Å². The number of benzene rings is 3. The van der Waals surface area contributed by atoms with Crippen molar-refractivity contribution in [2.45, 2.75) is 46.2 Å². The third-order valence-corrected chi connectivity index (χ3v) is 5.16. The Hall–Kier alpha value is -2.38. The molecule has 3 aromatic rings. The molecular formula is C25H29N. The number of hydrogen-bond acceptors (Lipinski definition) is 1. The summed E-state index contributed by atoms with van der Waals surface area (Å²) in [4.78, 5) is 0. The molecule has 1 nitrogen and oxygen atoms in total. The highest BCUT2D eigenvalue weighted by molar-refractivity contribution is 5.67. The van der Waals surface area contributed by atoms with Crippen molar-refractivity contribution in [3.05, 3.63) is 95.1 Å². The molecule has 1 atom stereocenters. The zero-order valence-corrected chi connectivity index (χ0v) is 16.1. The molecule has 0 aromatic heterocycles. The first kappa shape index (κ1) is 18.4. The van der Waals surface area contributed by atoms with Crippen LogP contribution in [0.2, 0.25) is 0 Å². The first-order valence-corrected chi connectivity index (χ1v) is 9.71. The minimum atomic E-state index is 0.333. The lowest BCUT2D eigenvalue weighted by molar-refractivity contribution is 0.571. The van der Waals surface area contributed by atoms with Crippen molar-refractivity contribution in [3.8, 4) is 11.1 Å². The molecule has 0 saturated heterocycles. The molecule has 0 aliphatic carbocycles. The Bertz CT molecular complexity index is 836. The maximum absolute atomic E-state index is 3.74. The molecule has 3 rings (SSSR count). The summed E-state index contributed by atoms with van der Waals surface area (Å²) >= 11 is 0. The van der Waals surface area contributed by atoms with Gasteiger partial charge >= 0.3 is 0 Å². The minimum Gasteiger partial charge on any atom is -0.306 e. The molecule has 0 spiro atoms. The molecular weight excluding hydrogens is 314 g/mol. The maximum atomic E-state index is 3.74. The van der Waals surface area contributed by atoms with Crippen molar-refractivity contribution in [2.24, 2.45) is 0 Å². The van der Waals surface area contributed by atoms with Crippen LogP contribution in [0.4, 0.5) is 0 Å². The fraction of sp³-hybridized carbons (Fsp3) is 0.280. The second kappa shape index (κ2) is 8.82. The van der Waals surface area contributed by atoms with Crippen LogP contribution in [0.3, 0.4) is 0 Å². The van der Waals surface area contributed by atoms with Crippen LogP contribution in [-0.4, -0.2) is 0 Å². The van der Waals surface area contributed by atoms with E-state index < -0.39 is 0 Å². The highest BCUT2D eigenvalue weighted by Crippen LogP contribution is 2.25. The molecule has 0 saturated carbocycles. The van der Waals surface area contributed by atoms with E-state index in [1.807, 2.05) is 0 Å². The standard InChI is InChI=1S/C25H29N/c1-4-20-15-16-24(21(5-2)17-20)19(3)26-18-23-13-9-10-14-25(23)22-11-7-6-8-12-22/h6-17,19,26H,4-5,18H2,1-3H3. The van der Waals surface area contributed by atoms with Gasteiger partial charge < -0.3 is 5.32 Å². The Morgan fingerprint density at radius 2 is 1.50 bits per heavy atom. The van der Waals surface area contributed by atoms with Crippen LogP contribution in [0, 0.1) is 0 Å². The number of aryl methyl sites for hydroxylation is 2. The average molecular weight is 344 g/mol. The molecule has 1 heteroatoms. The molecule has 0 aliphatic heterocycles. The van der Waals surface area contributed by atoms with Gasteiger partial charge in [0.25, 0.3) is 0 Å². The van der Waals surface area contributed by atoms with Gasteiger partial charge in [0.05, 0.1) is 0 Å². The van der Waals surface area contributed by atoms with Gasteiger partial charge in [0.2, 0.25) is 0 Å². The quantitative estimate of drug-likeness (QED) is 0.528. The van der Waals surface area contributed by atoms with E-state index in [1.165, 1.54) is 33.4 Å². The van der Waals surface area contributed by atoms with E-state index in [2.05, 4.69) is 98.9 Å². The third-order valence-electron chi connectivity index (χ3n) is 5.16. The number of nitrogens with one attached hydrogen (secondary N) is 1. The van der Waals surface area contributed by atoms with E-state index in [1.54, 1.807) is 0 Å². The monoisotopic (exact) mass is 343 g/mol. The minimum absolute atomic E-state index is 0.333. The largest absolute Gasteiger partial charge is 0.306 e. The summed E-state index contributed by atoms with van der Waals surface area (Å²) in [5.41, 5.74) is 8.23. The zero-order chi connectivity index (χ0) is 18.4. The molecule has 1 N–H and O–H groups in total. The second-order valence-corrected chi connectivity index (χ2v) is 6.87. The molecule has 0 fully saturated rings. The van der Waals surface area contributed by atoms with Crippen molar-refractivity contribution >= 4 is 0 Å². The van der Waals surface area contributed by atoms with Crippen LogP contribution >= 0.6 is 0 Å². The van der Waals surface area contributed by atoms with E-state index in [9.17, 15) is 0 Å². The molecule has 1 unspecified atom stereocenters. The zero-order valence-electron chi connectivity index (χ0n) is 16.1. The summed E-state index contributed by atoms with van der Waals surface area (Å²) in [5.74, 6) is 0. The number of hydrogen-bond donors (Lipinski definition) is 1. The molecule has 26 heavy (non-hydrogen) atoms. The lowest BCUT2D eigenvalue weighted by Crippen LogP contribution is -2.20. The summed E-state index contributed by atoms with van der Waals surface area (Å²) in [6.07, 6.45) is 2.18. The normalized spacial score (nSPS) is 12.1. The van der Waals surface area contributed by atoms with Gasteiger partial charge in [-0.05, 0) is 53.1 Å². The first-order chi connectivity index (χ1) is 12.7. The van der Waals surface area contributed by atoms with Crippen LogP contribution in [0.15, 0.2) is 72.8 Å². The number of rotatable bonds is 7. The van der Waals surface area contributed by atoms with Crippen molar-refractivity contribution < 1.29 is 0 Å². The first-order valence-electron chi connectivity index (χ1n) is 9.71. The van der Waals surface area contributed by atoms with Gasteiger partial charge in [-0.3, -0.25) is 0 Å². The maximum Gasteiger partial charge on any atom is 0.0297 e. The second-order valence-electron chi connectivity index (χ2n) is 6.87. The van der Waals surface area contributed by atoms with Crippen LogP contribution in [0.1, 0.15) is 49.1 Å². The lowest BCUT2D eigenvalue weighted by atomic mass is 9.95. The van der Waals surface area contributed by atoms with E-state index in [-0.39, 0.29) is 0 Å². The van der Waals surface area contributed by atoms with Crippen molar-refractivity contribution in [1.82, 2.24) is 5.32 Å². The summed E-state index contributed by atoms with van der Waals surface area (Å²) < 4.78 is 0. The van der Waals surface area contributed by atoms with Crippen molar-refractivity contribution in [1.29, 1.82) is 0 Å². The summed E-state index contributed by atoms with van der Waals surface area (Å²) in [6.45, 7) is 7.60. The van der Waals surface area contributed by atoms with Gasteiger partial charge in [-0.25, -0.2) is 0 Å². The van der Waals surface area contributed by atoms with Crippen LogP contribution in [-0.2, 0) is 19.4 Å². The molecule has 0 aliphatic rings. The van der Waals surface area contributed by atoms with E-state index >= 15 is 0 Å². The Kier molecular flexibility index (Phi) is 6.25. The molecule has 0 bridgehead atoms. The lowest BCUT2D eigenvalue weighted by Gasteiger charge is -2.20. The van der Waals surface area contributed by atoms with Gasteiger partial charge in [-0.1, -0.05) is 86.6 Å². The fourth-order valence-corrected chi connectivity index (χ4v) is 3.55. The van der Waals surface area contributed by atoms with Crippen LogP contribution < -0.4 is 5.32 Å². The van der Waals surface area contributed by atoms with Gasteiger partial charge in [-0.2, -0.15) is 0 Å². The highest BCUT2D eigenvalue weighted by atomic mass is 14.9. The Morgan fingerprint density at radius 3 is 2.23 bits per heavy atom. The Morgan fingerprint density at radius 1 is 0.769 bits per heavy atom. The van der Waals surface area contributed by atoms with E-state index in [4.69, 9.17) is 0 Å². The van der Waals surface area contributed by atoms with Gasteiger partial charge in [0.15, 0.2) is 0 Å². The highest BCUT2D eigenvalue weighted by Gasteiger charge is 2.11. The fourth-order valence-electron chi connectivity index (χ4n) is 3.55. The molecule has 0 radical (unpaired) electrons. The molecule has 0 heterocycles. The summed E-state index contributed by atoms with van der Waals surface area (Å²) in [5, 5.41) is 3.74. The van der Waals surface area contributed by atoms with Crippen molar-refractivity contribution in [2.75, 3.05) is 0 Å². The molecule has 0 amide bonds. The van der Waals surface area contributed by atoms with Gasteiger partial charge in [0.1, 0.15) is 0 Å². The predicted octanol–water partition coefficient (Wildman–Crippen LogP) is 6.33. The van der Waals surface area contributed by atoms with Crippen molar-refractivity contribution in [3.63, 3.8) is 0 Å². The van der Waals surface area contributed by atoms with Gasteiger partial charge in [-0.15, -0.1) is 0 Å². The summed E-state index contributed by atoms with van der Waals surface area (Å²) in [7, 11) is 0. The van der Waals surface area contributed by atoms with Gasteiger partial charge in [0, 0.05) is 12.6 Å². The topological polar surface area (TPSA) is 12.0 Å². The summed E-state index contributed by atoms with van der Waals surface area (Å²) in [6, 6.07) is 26.6. The molecule has 3 aromatic carbocycles. The van der Waals surface area contributed by atoms with Crippen LogP contribution in [0.25, 0.3) is 11.1 Å². The Labute approximate surface area is 158 Å². The smallest absolute Gasteiger partial charge is 0.0297 e. The predicted molar refractivity (Wildman–Crippen MR) is 112 cm³/mol. The third kappa shape index (κ3) is 4.23.